The second kappa shape index (κ2) is 39.4. The fraction of sp³-hybridized carbons (Fsp3) is 0.162. The molecule has 2 unspecified atom stereocenters. The Labute approximate surface area is 766 Å². The molecule has 0 spiro atoms. The quantitative estimate of drug-likeness (QED) is 0.0874. The molecule has 10 heterocycles. The van der Waals surface area contributed by atoms with Gasteiger partial charge in [-0.25, -0.2) is 14.4 Å². The first kappa shape index (κ1) is 88.3. The molecule has 3 amide bonds. The average Bonchev–Trinajstić information content (AvgIpc) is 1.64. The van der Waals surface area contributed by atoms with E-state index in [-0.39, 0.29) is 19.8 Å². The molecular formula is C99H81Cl5N14O11. The van der Waals surface area contributed by atoms with Crippen LogP contribution in [0.2, 0.25) is 25.1 Å². The summed E-state index contributed by atoms with van der Waals surface area (Å²) in [5.41, 5.74) is 33.0. The number of nitrogens with two attached hydrogens (primary N) is 1. The standard InChI is InChI=1S/3C21H18ClN3O3.C18H14ClN3O.C18H13ClN2O/c3*1-3-27-21(26)24-20-19-17(12(2)25-28-19)15-6-4-5-7-16(15)18(23-20)13-8-10-14(22)11-9-13;1-10-15-13-4-2-3-5-14(13)16(11-6-8-12(19)9-7-11)21-18(20)17(15)23-22-10;1-11-17-14-4-2-3-5-15(14)18(20-10-16(17)22-21-11)12-6-8-13(19)9-7-12/h3*4-11,20H,3H2,1-2H3,(H,24,26);2-9,18H,20H2,1H3;2-9H,10H2,1H3/t2*20-;;;/m10.../s1. The predicted molar refractivity (Wildman–Crippen MR) is 498 cm³/mol. The van der Waals surface area contributed by atoms with E-state index in [0.29, 0.717) is 49.7 Å². The van der Waals surface area contributed by atoms with Crippen molar-refractivity contribution < 1.29 is 51.2 Å². The van der Waals surface area contributed by atoms with Crippen LogP contribution >= 0.6 is 58.0 Å². The van der Waals surface area contributed by atoms with E-state index in [2.05, 4.69) is 58.9 Å². The van der Waals surface area contributed by atoms with Crippen LogP contribution in [-0.4, -0.2) is 92.4 Å². The van der Waals surface area contributed by atoms with Crippen LogP contribution in [0.15, 0.2) is 290 Å². The van der Waals surface area contributed by atoms with Crippen LogP contribution < -0.4 is 21.7 Å². The third-order valence-corrected chi connectivity index (χ3v) is 22.6. The molecule has 0 bridgehead atoms. The van der Waals surface area contributed by atoms with E-state index in [1.165, 1.54) is 0 Å². The number of nitrogens with one attached hydrogen (secondary N) is 3. The first-order chi connectivity index (χ1) is 62.6. The molecule has 4 atom stereocenters. The number of aromatic nitrogens is 5. The predicted octanol–water partition coefficient (Wildman–Crippen LogP) is 23.5. The van der Waals surface area contributed by atoms with Crippen molar-refractivity contribution >= 4 is 105 Å². The largest absolute Gasteiger partial charge is 0.450 e. The van der Waals surface area contributed by atoms with Gasteiger partial charge in [-0.15, -0.1) is 0 Å². The van der Waals surface area contributed by atoms with Crippen LogP contribution in [0.3, 0.4) is 0 Å². The van der Waals surface area contributed by atoms with E-state index in [9.17, 15) is 14.4 Å². The lowest BCUT2D eigenvalue weighted by Crippen LogP contribution is -2.28. The minimum atomic E-state index is -0.770. The number of ether oxygens (including phenoxy) is 3. The molecule has 0 aliphatic carbocycles. The number of amides is 3. The third kappa shape index (κ3) is 19.0. The smallest absolute Gasteiger partial charge is 0.409 e. The third-order valence-electron chi connectivity index (χ3n) is 21.4. The number of nitrogens with zero attached hydrogens (tertiary/aromatic N) is 10. The molecular weight excluding hydrogens is 1740 g/mol. The summed E-state index contributed by atoms with van der Waals surface area (Å²) in [5.74, 6) is 2.83. The molecule has 25 nitrogen and oxygen atoms in total. The number of hydrogen-bond donors (Lipinski definition) is 4. The monoisotopic (exact) mass is 1820 g/mol. The van der Waals surface area contributed by atoms with E-state index in [1.54, 1.807) is 20.8 Å². The number of rotatable bonds is 11. The molecule has 5 aliphatic rings. The van der Waals surface area contributed by atoms with Gasteiger partial charge in [0.1, 0.15) is 6.54 Å². The topological polar surface area (TPSA) is 333 Å². The van der Waals surface area contributed by atoms with E-state index >= 15 is 0 Å². The van der Waals surface area contributed by atoms with Gasteiger partial charge in [0, 0.05) is 80.7 Å². The summed E-state index contributed by atoms with van der Waals surface area (Å²) in [7, 11) is 0. The second-order valence-corrected chi connectivity index (χ2v) is 31.9. The Hall–Kier alpha value is -14.2. The Morgan fingerprint density at radius 3 is 0.822 bits per heavy atom. The minimum Gasteiger partial charge on any atom is -0.450 e. The number of carbonyl (C=O) groups excluding carboxylic acids is 3. The first-order valence-electron chi connectivity index (χ1n) is 41.1. The first-order valence-corrected chi connectivity index (χ1v) is 43.0. The molecule has 0 fully saturated rings. The Bertz CT molecular complexity index is 6450. The lowest BCUT2D eigenvalue weighted by molar-refractivity contribution is 0.145. The molecule has 0 radical (unpaired) electrons. The highest BCUT2D eigenvalue weighted by atomic mass is 35.5. The number of halogens is 5. The molecule has 10 aromatic carbocycles. The number of benzene rings is 10. The van der Waals surface area contributed by atoms with Crippen LogP contribution in [-0.2, 0) is 20.8 Å². The molecule has 0 saturated heterocycles. The van der Waals surface area contributed by atoms with E-state index in [0.717, 1.165) is 179 Å². The Kier molecular flexibility index (Phi) is 26.9. The summed E-state index contributed by atoms with van der Waals surface area (Å²) in [4.78, 5) is 60.3. The number of hydrogen-bond acceptors (Lipinski definition) is 22. The van der Waals surface area contributed by atoms with Crippen molar-refractivity contribution in [2.24, 2.45) is 30.7 Å². The molecule has 20 rings (SSSR count). The Morgan fingerprint density at radius 2 is 0.535 bits per heavy atom. The van der Waals surface area contributed by atoms with E-state index in [1.807, 2.05) is 265 Å². The van der Waals surface area contributed by atoms with E-state index in [4.69, 9.17) is 121 Å². The van der Waals surface area contributed by atoms with Gasteiger partial charge in [-0.05, 0) is 144 Å². The summed E-state index contributed by atoms with van der Waals surface area (Å²) in [6, 6.07) is 77.6. The number of fused-ring (bicyclic) bond motifs is 15. The Balaban J connectivity index is 0.000000119. The Morgan fingerprint density at radius 1 is 0.310 bits per heavy atom. The van der Waals surface area contributed by atoms with E-state index < -0.39 is 42.9 Å². The second-order valence-electron chi connectivity index (χ2n) is 29.7. The number of alkyl carbamates (subject to hydrolysis) is 3. The number of aryl methyl sites for hydroxylation is 5. The van der Waals surface area contributed by atoms with Crippen LogP contribution in [0.5, 0.6) is 0 Å². The van der Waals surface area contributed by atoms with Crippen LogP contribution in [0, 0.1) is 34.6 Å². The summed E-state index contributed by atoms with van der Waals surface area (Å²) in [6.07, 6.45) is -4.62. The highest BCUT2D eigenvalue weighted by molar-refractivity contribution is 6.33. The fourth-order valence-electron chi connectivity index (χ4n) is 15.7. The van der Waals surface area contributed by atoms with Gasteiger partial charge in [-0.1, -0.05) is 266 Å². The van der Waals surface area contributed by atoms with Gasteiger partial charge in [0.25, 0.3) is 0 Å². The molecule has 15 aromatic rings. The molecule has 648 valence electrons. The van der Waals surface area contributed by atoms with Gasteiger partial charge in [0.05, 0.1) is 105 Å². The van der Waals surface area contributed by atoms with Gasteiger partial charge < -0.3 is 42.6 Å². The maximum atomic E-state index is 12.1. The maximum absolute atomic E-state index is 12.1. The zero-order chi connectivity index (χ0) is 90.1. The molecule has 5 aromatic heterocycles. The van der Waals surface area contributed by atoms with Gasteiger partial charge in [0.2, 0.25) is 0 Å². The van der Waals surface area contributed by atoms with Crippen LogP contribution in [0.4, 0.5) is 14.4 Å². The number of carbonyl (C=O) groups is 3. The van der Waals surface area contributed by atoms with Gasteiger partial charge in [-0.3, -0.25) is 40.9 Å². The van der Waals surface area contributed by atoms with Crippen molar-refractivity contribution in [3.05, 3.63) is 381 Å². The van der Waals surface area contributed by atoms with Crippen LogP contribution in [0.25, 0.3) is 55.6 Å². The average molecular weight is 1820 g/mol. The van der Waals surface area contributed by atoms with Gasteiger partial charge in [-0.2, -0.15) is 0 Å². The number of aliphatic imine (C=N–C) groups is 5. The normalized spacial score (nSPS) is 15.0. The zero-order valence-electron chi connectivity index (χ0n) is 70.7. The minimum absolute atomic E-state index is 0.259. The van der Waals surface area contributed by atoms with Crippen molar-refractivity contribution in [1.29, 1.82) is 0 Å². The SMILES string of the molecule is CCOC(=O)NC1N=C(c2ccc(Cl)cc2)c2ccccc2-c2c(C)noc21.CCOC(=O)N[C@@H]1N=C(c2ccc(Cl)cc2)c2ccccc2-c2c(C)noc21.CCOC(=O)N[C@H]1N=C(c2ccc(Cl)cc2)c2ccccc2-c2c(C)noc21.Cc1noc2c1-c1ccccc1C(c1ccc(Cl)cc1)=NC2.Cc1noc2c1-c1ccccc1C(c1ccc(Cl)cc1)=NC2N. The van der Waals surface area contributed by atoms with Gasteiger partial charge >= 0.3 is 18.3 Å². The lowest BCUT2D eigenvalue weighted by atomic mass is 9.93. The maximum Gasteiger partial charge on any atom is 0.409 e. The van der Waals surface area contributed by atoms with Crippen molar-refractivity contribution in [3.8, 4) is 55.6 Å². The fourth-order valence-corrected chi connectivity index (χ4v) is 16.3. The summed E-state index contributed by atoms with van der Waals surface area (Å²) >= 11 is 30.2. The highest BCUT2D eigenvalue weighted by Gasteiger charge is 2.37. The molecule has 5 N–H and O–H groups in total. The zero-order valence-corrected chi connectivity index (χ0v) is 74.4. The van der Waals surface area contributed by atoms with Crippen molar-refractivity contribution in [3.63, 3.8) is 0 Å². The lowest BCUT2D eigenvalue weighted by Gasteiger charge is -2.13. The molecule has 5 aliphatic heterocycles. The molecule has 0 saturated carbocycles. The summed E-state index contributed by atoms with van der Waals surface area (Å²) in [5, 5.41) is 32.1. The van der Waals surface area contributed by atoms with Crippen molar-refractivity contribution in [2.45, 2.75) is 86.6 Å². The van der Waals surface area contributed by atoms with Crippen molar-refractivity contribution in [2.75, 3.05) is 19.8 Å². The molecule has 30 heteroatoms. The van der Waals surface area contributed by atoms with Gasteiger partial charge in [0.15, 0.2) is 53.5 Å². The summed E-state index contributed by atoms with van der Waals surface area (Å²) in [6.45, 7) is 16.0. The highest BCUT2D eigenvalue weighted by Crippen LogP contribution is 2.45. The summed E-state index contributed by atoms with van der Waals surface area (Å²) < 4.78 is 42.7. The van der Waals surface area contributed by atoms with Crippen LogP contribution in [0.1, 0.15) is 158 Å². The molecule has 129 heavy (non-hydrogen) atoms. The van der Waals surface area contributed by atoms with Crippen molar-refractivity contribution in [1.82, 2.24) is 41.7 Å².